The van der Waals surface area contributed by atoms with E-state index in [1.807, 2.05) is 69.4 Å². The van der Waals surface area contributed by atoms with E-state index in [-0.39, 0.29) is 12.5 Å². The quantitative estimate of drug-likeness (QED) is 0.404. The van der Waals surface area contributed by atoms with Crippen LogP contribution in [0.4, 0.5) is 5.82 Å². The molecule has 0 unspecified atom stereocenters. The number of hydrogen-bond donors (Lipinski definition) is 5. The Kier molecular flexibility index (Phi) is 15.5. The van der Waals surface area contributed by atoms with Crippen molar-refractivity contribution in [3.8, 4) is 0 Å². The van der Waals surface area contributed by atoms with E-state index in [0.717, 1.165) is 11.4 Å². The highest BCUT2D eigenvalue weighted by molar-refractivity contribution is 5.88. The molecule has 9 nitrogen and oxygen atoms in total. The normalized spacial score (nSPS) is 10.2. The smallest absolute Gasteiger partial charge is 0.322 e. The van der Waals surface area contributed by atoms with Crippen LogP contribution < -0.4 is 21.3 Å². The summed E-state index contributed by atoms with van der Waals surface area (Å²) in [5, 5.41) is 18.9. The van der Waals surface area contributed by atoms with Crippen LogP contribution in [0.15, 0.2) is 54.7 Å². The van der Waals surface area contributed by atoms with Gasteiger partial charge in [0.2, 0.25) is 11.8 Å². The molecule has 31 heavy (non-hydrogen) atoms. The van der Waals surface area contributed by atoms with E-state index in [9.17, 15) is 14.4 Å². The Morgan fingerprint density at radius 1 is 0.935 bits per heavy atom. The zero-order valence-corrected chi connectivity index (χ0v) is 18.5. The van der Waals surface area contributed by atoms with E-state index in [1.54, 1.807) is 13.2 Å². The number of carbonyl (C=O) groups excluding carboxylic acids is 2. The van der Waals surface area contributed by atoms with E-state index in [0.29, 0.717) is 6.42 Å². The van der Waals surface area contributed by atoms with Crippen LogP contribution in [0.2, 0.25) is 0 Å². The predicted octanol–water partition coefficient (Wildman–Crippen LogP) is 1.28. The van der Waals surface area contributed by atoms with Crippen molar-refractivity contribution in [2.75, 3.05) is 32.5 Å². The molecule has 1 atom stereocenters. The highest BCUT2D eigenvalue weighted by atomic mass is 16.4. The minimum atomic E-state index is -1.13. The van der Waals surface area contributed by atoms with Gasteiger partial charge in [0.1, 0.15) is 12.4 Å². The fourth-order valence-electron chi connectivity index (χ4n) is 2.21. The first-order valence-corrected chi connectivity index (χ1v) is 10.0. The van der Waals surface area contributed by atoms with Crippen LogP contribution in [0, 0.1) is 0 Å². The second-order valence-corrected chi connectivity index (χ2v) is 5.88. The molecule has 170 valence electrons. The lowest BCUT2D eigenvalue weighted by Gasteiger charge is -2.16. The molecular formula is C22H33N5O4. The Balaban J connectivity index is 0.000000745. The van der Waals surface area contributed by atoms with Gasteiger partial charge in [0.05, 0.1) is 12.6 Å². The minimum absolute atomic E-state index is 0.251. The maximum absolute atomic E-state index is 12.0. The fraction of sp³-hybridized carbons (Fsp3) is 0.364. The van der Waals surface area contributed by atoms with Gasteiger partial charge in [-0.05, 0) is 31.2 Å². The molecule has 0 aliphatic carbocycles. The third-order valence-corrected chi connectivity index (χ3v) is 3.73. The summed E-state index contributed by atoms with van der Waals surface area (Å²) < 4.78 is 0. The van der Waals surface area contributed by atoms with E-state index in [1.165, 1.54) is 0 Å². The van der Waals surface area contributed by atoms with Crippen molar-refractivity contribution in [3.63, 3.8) is 0 Å². The largest absolute Gasteiger partial charge is 0.480 e. The summed E-state index contributed by atoms with van der Waals surface area (Å²) in [5.41, 5.74) is 1.00. The number of carbonyl (C=O) groups is 3. The average molecular weight is 432 g/mol. The molecule has 2 aromatic rings. The second kappa shape index (κ2) is 17.4. The van der Waals surface area contributed by atoms with Gasteiger partial charge in [-0.2, -0.15) is 0 Å². The van der Waals surface area contributed by atoms with Gasteiger partial charge in [-0.3, -0.25) is 14.4 Å². The molecular weight excluding hydrogens is 398 g/mol. The number of carboxylic acids is 1. The van der Waals surface area contributed by atoms with Gasteiger partial charge in [-0.15, -0.1) is 0 Å². The predicted molar refractivity (Wildman–Crippen MR) is 122 cm³/mol. The molecule has 5 N–H and O–H groups in total. The standard InChI is InChI=1S/C14H19N3O4.C6H8N2.C2H6/c1-15-11(7-10-5-3-2-4-6-10)14(21)17-8-12(18)16-9-13(19)20;1-7-6-4-2-3-5-8-6;1-2/h2-6,11,15H,7-9H2,1H3,(H,16,18)(H,17,21)(H,19,20);2-5H,1H3,(H,7,8);1-2H3/t11-;;/m0../s1. The van der Waals surface area contributed by atoms with Crippen LogP contribution in [-0.4, -0.2) is 61.1 Å². The Morgan fingerprint density at radius 3 is 2.06 bits per heavy atom. The average Bonchev–Trinajstić information content (AvgIpc) is 2.82. The molecule has 0 spiro atoms. The van der Waals surface area contributed by atoms with Gasteiger partial charge in [-0.25, -0.2) is 4.98 Å². The van der Waals surface area contributed by atoms with Gasteiger partial charge < -0.3 is 26.4 Å². The molecule has 0 radical (unpaired) electrons. The third-order valence-electron chi connectivity index (χ3n) is 3.73. The van der Waals surface area contributed by atoms with Crippen molar-refractivity contribution in [1.82, 2.24) is 20.9 Å². The maximum atomic E-state index is 12.0. The molecule has 0 saturated heterocycles. The molecule has 0 bridgehead atoms. The Hall–Kier alpha value is -3.46. The minimum Gasteiger partial charge on any atom is -0.480 e. The number of amides is 2. The SMILES string of the molecule is CC.CN[C@@H](Cc1ccccc1)C(=O)NCC(=O)NCC(=O)O.CNc1ccccn1. The number of benzene rings is 1. The Bertz CT molecular complexity index is 757. The summed E-state index contributed by atoms with van der Waals surface area (Å²) >= 11 is 0. The molecule has 1 heterocycles. The number of likely N-dealkylation sites (N-methyl/N-ethyl adjacent to an activating group) is 1. The molecule has 0 saturated carbocycles. The molecule has 2 rings (SSSR count). The molecule has 1 aromatic carbocycles. The number of hydrogen-bond acceptors (Lipinski definition) is 6. The summed E-state index contributed by atoms with van der Waals surface area (Å²) in [7, 11) is 3.51. The van der Waals surface area contributed by atoms with Gasteiger partial charge in [-0.1, -0.05) is 50.2 Å². The fourth-order valence-corrected chi connectivity index (χ4v) is 2.21. The molecule has 2 amide bonds. The van der Waals surface area contributed by atoms with Crippen LogP contribution in [-0.2, 0) is 20.8 Å². The van der Waals surface area contributed by atoms with Crippen molar-refractivity contribution in [2.45, 2.75) is 26.3 Å². The van der Waals surface area contributed by atoms with E-state index < -0.39 is 24.5 Å². The second-order valence-electron chi connectivity index (χ2n) is 5.88. The van der Waals surface area contributed by atoms with Crippen molar-refractivity contribution >= 4 is 23.6 Å². The number of carboxylic acid groups (broad SMARTS) is 1. The van der Waals surface area contributed by atoms with Crippen LogP contribution in [0.1, 0.15) is 19.4 Å². The number of aliphatic carboxylic acids is 1. The highest BCUT2D eigenvalue weighted by Gasteiger charge is 2.17. The van der Waals surface area contributed by atoms with Crippen LogP contribution in [0.3, 0.4) is 0 Å². The van der Waals surface area contributed by atoms with Crippen LogP contribution in [0.25, 0.3) is 0 Å². The summed E-state index contributed by atoms with van der Waals surface area (Å²) in [6, 6.07) is 14.8. The first-order valence-electron chi connectivity index (χ1n) is 10.0. The van der Waals surface area contributed by atoms with Crippen molar-refractivity contribution in [2.24, 2.45) is 0 Å². The molecule has 1 aromatic heterocycles. The van der Waals surface area contributed by atoms with E-state index >= 15 is 0 Å². The van der Waals surface area contributed by atoms with E-state index in [2.05, 4.69) is 26.3 Å². The first-order chi connectivity index (χ1) is 15.0. The lowest BCUT2D eigenvalue weighted by molar-refractivity contribution is -0.137. The van der Waals surface area contributed by atoms with Crippen molar-refractivity contribution < 1.29 is 19.5 Å². The van der Waals surface area contributed by atoms with Gasteiger partial charge in [0, 0.05) is 13.2 Å². The molecule has 9 heteroatoms. The number of nitrogens with one attached hydrogen (secondary N) is 4. The lowest BCUT2D eigenvalue weighted by atomic mass is 10.1. The molecule has 0 fully saturated rings. The summed E-state index contributed by atoms with van der Waals surface area (Å²) in [6.07, 6.45) is 2.26. The number of nitrogens with zero attached hydrogens (tertiary/aromatic N) is 1. The zero-order valence-electron chi connectivity index (χ0n) is 18.5. The van der Waals surface area contributed by atoms with Crippen LogP contribution in [0.5, 0.6) is 0 Å². The number of pyridine rings is 1. The number of anilines is 1. The van der Waals surface area contributed by atoms with Crippen LogP contribution >= 0.6 is 0 Å². The lowest BCUT2D eigenvalue weighted by Crippen LogP contribution is -2.47. The summed E-state index contributed by atoms with van der Waals surface area (Å²) in [5.74, 6) is -1.08. The number of aromatic nitrogens is 1. The summed E-state index contributed by atoms with van der Waals surface area (Å²) in [6.45, 7) is 3.28. The van der Waals surface area contributed by atoms with Crippen molar-refractivity contribution in [3.05, 3.63) is 60.3 Å². The Labute approximate surface area is 183 Å². The monoisotopic (exact) mass is 431 g/mol. The summed E-state index contributed by atoms with van der Waals surface area (Å²) in [4.78, 5) is 37.5. The molecule has 0 aliphatic heterocycles. The zero-order chi connectivity index (χ0) is 23.5. The first kappa shape index (κ1) is 27.5. The highest BCUT2D eigenvalue weighted by Crippen LogP contribution is 2.03. The van der Waals surface area contributed by atoms with Gasteiger partial charge in [0.15, 0.2) is 0 Å². The van der Waals surface area contributed by atoms with E-state index in [4.69, 9.17) is 5.11 Å². The third kappa shape index (κ3) is 13.4. The Morgan fingerprint density at radius 2 is 1.58 bits per heavy atom. The maximum Gasteiger partial charge on any atom is 0.322 e. The number of rotatable bonds is 9. The van der Waals surface area contributed by atoms with Crippen molar-refractivity contribution in [1.29, 1.82) is 0 Å². The topological polar surface area (TPSA) is 132 Å². The van der Waals surface area contributed by atoms with Gasteiger partial charge in [0.25, 0.3) is 0 Å². The molecule has 0 aliphatic rings. The van der Waals surface area contributed by atoms with Gasteiger partial charge >= 0.3 is 5.97 Å².